The van der Waals surface area contributed by atoms with E-state index in [0.717, 1.165) is 25.5 Å². The zero-order valence-corrected chi connectivity index (χ0v) is 14.8. The summed E-state index contributed by atoms with van der Waals surface area (Å²) in [4.78, 5) is 18.1. The number of aromatic nitrogens is 1. The summed E-state index contributed by atoms with van der Waals surface area (Å²) in [6, 6.07) is 0.865. The summed E-state index contributed by atoms with van der Waals surface area (Å²) < 4.78 is 18.9. The molecule has 0 saturated carbocycles. The van der Waals surface area contributed by atoms with Gasteiger partial charge in [0.15, 0.2) is 0 Å². The zero-order valence-electron chi connectivity index (χ0n) is 14.8. The molecule has 1 fully saturated rings. The summed E-state index contributed by atoms with van der Waals surface area (Å²) >= 11 is 0. The summed E-state index contributed by atoms with van der Waals surface area (Å²) in [6.07, 6.45) is 4.37. The quantitative estimate of drug-likeness (QED) is 0.906. The topological polar surface area (TPSA) is 62.7 Å². The van der Waals surface area contributed by atoms with E-state index in [-0.39, 0.29) is 6.04 Å². The first-order valence-corrected chi connectivity index (χ1v) is 8.52. The van der Waals surface area contributed by atoms with Gasteiger partial charge in [0.05, 0.1) is 12.2 Å². The highest BCUT2D eigenvalue weighted by atomic mass is 19.1. The normalized spacial score (nSPS) is 22.5. The predicted molar refractivity (Wildman–Crippen MR) is 88.9 cm³/mol. The number of rotatable bonds is 4. The van der Waals surface area contributed by atoms with E-state index >= 15 is 0 Å². The van der Waals surface area contributed by atoms with Crippen molar-refractivity contribution in [2.45, 2.75) is 77.2 Å². The van der Waals surface area contributed by atoms with Crippen molar-refractivity contribution < 1.29 is 19.0 Å². The molecule has 0 radical (unpaired) electrons. The SMILES string of the molecule is CCC[C@@H]1CC[C@H](C(O)c2cncc(F)c2)N1C(=O)OC(C)(C)C. The van der Waals surface area contributed by atoms with Crippen LogP contribution in [0, 0.1) is 5.82 Å². The van der Waals surface area contributed by atoms with Crippen molar-refractivity contribution in [2.75, 3.05) is 0 Å². The number of ether oxygens (including phenoxy) is 1. The molecule has 1 aromatic heterocycles. The van der Waals surface area contributed by atoms with E-state index in [9.17, 15) is 14.3 Å². The molecule has 1 N–H and O–H groups in total. The Morgan fingerprint density at radius 3 is 2.75 bits per heavy atom. The van der Waals surface area contributed by atoms with Gasteiger partial charge in [-0.25, -0.2) is 9.18 Å². The van der Waals surface area contributed by atoms with Gasteiger partial charge in [-0.2, -0.15) is 0 Å². The molecule has 1 unspecified atom stereocenters. The molecule has 0 aromatic carbocycles. The third-order valence-electron chi connectivity index (χ3n) is 4.20. The second kappa shape index (κ2) is 7.47. The van der Waals surface area contributed by atoms with Crippen molar-refractivity contribution in [1.29, 1.82) is 0 Å². The zero-order chi connectivity index (χ0) is 17.9. The first-order chi connectivity index (χ1) is 11.2. The molecule has 1 aliphatic heterocycles. The highest BCUT2D eigenvalue weighted by molar-refractivity contribution is 5.69. The van der Waals surface area contributed by atoms with Crippen molar-refractivity contribution in [1.82, 2.24) is 9.88 Å². The number of halogens is 1. The van der Waals surface area contributed by atoms with Crippen molar-refractivity contribution in [3.05, 3.63) is 29.8 Å². The van der Waals surface area contributed by atoms with Crippen LogP contribution in [0.25, 0.3) is 0 Å². The number of hydrogen-bond acceptors (Lipinski definition) is 4. The number of amides is 1. The molecule has 0 spiro atoms. The Morgan fingerprint density at radius 1 is 1.46 bits per heavy atom. The lowest BCUT2D eigenvalue weighted by molar-refractivity contribution is -0.00547. The Bertz CT molecular complexity index is 574. The molecule has 24 heavy (non-hydrogen) atoms. The van der Waals surface area contributed by atoms with Gasteiger partial charge in [-0.05, 0) is 46.1 Å². The number of nitrogens with zero attached hydrogens (tertiary/aromatic N) is 2. The van der Waals surface area contributed by atoms with E-state index in [1.54, 1.807) is 4.90 Å². The number of hydrogen-bond donors (Lipinski definition) is 1. The van der Waals surface area contributed by atoms with Gasteiger partial charge in [0.1, 0.15) is 17.5 Å². The Labute approximate surface area is 142 Å². The maximum absolute atomic E-state index is 13.4. The van der Waals surface area contributed by atoms with Crippen LogP contribution < -0.4 is 0 Å². The molecule has 1 aliphatic rings. The van der Waals surface area contributed by atoms with E-state index in [2.05, 4.69) is 11.9 Å². The maximum Gasteiger partial charge on any atom is 0.410 e. The van der Waals surface area contributed by atoms with Crippen molar-refractivity contribution in [3.8, 4) is 0 Å². The molecule has 0 bridgehead atoms. The van der Waals surface area contributed by atoms with Gasteiger partial charge >= 0.3 is 6.09 Å². The van der Waals surface area contributed by atoms with Crippen molar-refractivity contribution in [2.24, 2.45) is 0 Å². The lowest BCUT2D eigenvalue weighted by atomic mass is 10.0. The van der Waals surface area contributed by atoms with Crippen LogP contribution in [0.2, 0.25) is 0 Å². The van der Waals surface area contributed by atoms with Crippen molar-refractivity contribution >= 4 is 6.09 Å². The Morgan fingerprint density at radius 2 is 2.17 bits per heavy atom. The molecule has 1 saturated heterocycles. The molecular formula is C18H27FN2O3. The molecule has 5 nitrogen and oxygen atoms in total. The van der Waals surface area contributed by atoms with Gasteiger partial charge in [-0.1, -0.05) is 13.3 Å². The minimum atomic E-state index is -0.984. The van der Waals surface area contributed by atoms with Gasteiger partial charge in [-0.15, -0.1) is 0 Å². The summed E-state index contributed by atoms with van der Waals surface area (Å²) in [5.74, 6) is -0.501. The molecule has 1 amide bonds. The van der Waals surface area contributed by atoms with E-state index in [4.69, 9.17) is 4.74 Å². The predicted octanol–water partition coefficient (Wildman–Crippen LogP) is 3.82. The fourth-order valence-corrected chi connectivity index (χ4v) is 3.25. The maximum atomic E-state index is 13.4. The Hall–Kier alpha value is -1.69. The van der Waals surface area contributed by atoms with Crippen LogP contribution in [0.4, 0.5) is 9.18 Å². The summed E-state index contributed by atoms with van der Waals surface area (Å²) in [5.41, 5.74) is -0.225. The highest BCUT2D eigenvalue weighted by Crippen LogP contribution is 2.36. The molecule has 2 heterocycles. The van der Waals surface area contributed by atoms with Gasteiger partial charge in [-0.3, -0.25) is 9.88 Å². The van der Waals surface area contributed by atoms with Crippen LogP contribution in [0.15, 0.2) is 18.5 Å². The van der Waals surface area contributed by atoms with Crippen LogP contribution in [0.5, 0.6) is 0 Å². The average Bonchev–Trinajstić information content (AvgIpc) is 2.89. The van der Waals surface area contributed by atoms with Gasteiger partial charge < -0.3 is 9.84 Å². The van der Waals surface area contributed by atoms with Gasteiger partial charge in [0.25, 0.3) is 0 Å². The van der Waals surface area contributed by atoms with Gasteiger partial charge in [0, 0.05) is 17.8 Å². The minimum absolute atomic E-state index is 0.0334. The number of pyridine rings is 1. The standard InChI is InChI=1S/C18H27FN2O3/c1-5-6-14-7-8-15(21(14)17(23)24-18(2,3)4)16(22)12-9-13(19)11-20-10-12/h9-11,14-16,22H,5-8H2,1-4H3/t14-,15-,16?/m1/s1. The Kier molecular flexibility index (Phi) is 5.80. The van der Waals surface area contributed by atoms with E-state index in [1.165, 1.54) is 12.3 Å². The first kappa shape index (κ1) is 18.6. The summed E-state index contributed by atoms with van der Waals surface area (Å²) in [6.45, 7) is 7.51. The second-order valence-electron chi connectivity index (χ2n) is 7.36. The van der Waals surface area contributed by atoms with Crippen molar-refractivity contribution in [3.63, 3.8) is 0 Å². The third kappa shape index (κ3) is 4.44. The number of aliphatic hydroxyl groups excluding tert-OH is 1. The van der Waals surface area contributed by atoms with Crippen LogP contribution >= 0.6 is 0 Å². The third-order valence-corrected chi connectivity index (χ3v) is 4.20. The molecular weight excluding hydrogens is 311 g/mol. The average molecular weight is 338 g/mol. The first-order valence-electron chi connectivity index (χ1n) is 8.52. The Balaban J connectivity index is 2.24. The van der Waals surface area contributed by atoms with Crippen LogP contribution in [0.3, 0.4) is 0 Å². The molecule has 2 rings (SSSR count). The van der Waals surface area contributed by atoms with E-state index < -0.39 is 29.7 Å². The molecule has 3 atom stereocenters. The largest absolute Gasteiger partial charge is 0.444 e. The second-order valence-corrected chi connectivity index (χ2v) is 7.36. The number of likely N-dealkylation sites (tertiary alicyclic amines) is 1. The fourth-order valence-electron chi connectivity index (χ4n) is 3.25. The fraction of sp³-hybridized carbons (Fsp3) is 0.667. The molecule has 0 aliphatic carbocycles. The smallest absolute Gasteiger partial charge is 0.410 e. The van der Waals surface area contributed by atoms with Crippen LogP contribution in [0.1, 0.15) is 65.0 Å². The van der Waals surface area contributed by atoms with Crippen LogP contribution in [-0.2, 0) is 4.74 Å². The van der Waals surface area contributed by atoms with E-state index in [0.29, 0.717) is 12.0 Å². The lowest BCUT2D eigenvalue weighted by Crippen LogP contribution is -2.46. The van der Waals surface area contributed by atoms with Gasteiger partial charge in [0.2, 0.25) is 0 Å². The molecule has 1 aromatic rings. The summed E-state index contributed by atoms with van der Waals surface area (Å²) in [5, 5.41) is 10.7. The number of carbonyl (C=O) groups excluding carboxylic acids is 1. The number of aliphatic hydroxyl groups is 1. The monoisotopic (exact) mass is 338 g/mol. The van der Waals surface area contributed by atoms with E-state index in [1.807, 2.05) is 20.8 Å². The molecule has 6 heteroatoms. The minimum Gasteiger partial charge on any atom is -0.444 e. The van der Waals surface area contributed by atoms with Crippen LogP contribution in [-0.4, -0.2) is 38.8 Å². The highest BCUT2D eigenvalue weighted by Gasteiger charge is 2.42. The number of carbonyl (C=O) groups is 1. The molecule has 134 valence electrons. The summed E-state index contributed by atoms with van der Waals surface area (Å²) in [7, 11) is 0. The lowest BCUT2D eigenvalue weighted by Gasteiger charge is -2.34.